The van der Waals surface area contributed by atoms with Crippen molar-refractivity contribution < 1.29 is 14.3 Å². The molecule has 6 aromatic rings. The van der Waals surface area contributed by atoms with Crippen molar-refractivity contribution in [3.05, 3.63) is 161 Å². The number of benzene rings is 6. The van der Waals surface area contributed by atoms with Crippen LogP contribution in [0.3, 0.4) is 0 Å². The van der Waals surface area contributed by atoms with Crippen molar-refractivity contribution in [2.45, 2.75) is 19.4 Å². The maximum atomic E-state index is 13.4. The second kappa shape index (κ2) is 9.08. The van der Waals surface area contributed by atoms with E-state index in [1.807, 2.05) is 42.5 Å². The molecule has 1 spiro atoms. The summed E-state index contributed by atoms with van der Waals surface area (Å²) in [6, 6.07) is 43.1. The van der Waals surface area contributed by atoms with Gasteiger partial charge in [-0.3, -0.25) is 0 Å². The minimum Gasteiger partial charge on any atom is -0.456 e. The lowest BCUT2D eigenvalue weighted by Crippen LogP contribution is -2.33. The number of ether oxygens (including phenoxy) is 2. The fraction of sp³-hybridized carbons (Fsp3) is 0.0789. The number of fused-ring (bicyclic) bond motifs is 8. The molecule has 42 heavy (non-hydrogen) atoms. The molecule has 8 rings (SSSR count). The zero-order valence-corrected chi connectivity index (χ0v) is 23.3. The zero-order chi connectivity index (χ0) is 28.4. The third-order valence-electron chi connectivity index (χ3n) is 8.46. The Morgan fingerprint density at radius 2 is 1.40 bits per heavy atom. The summed E-state index contributed by atoms with van der Waals surface area (Å²) in [6.45, 7) is 4.23. The van der Waals surface area contributed by atoms with Gasteiger partial charge in [0.25, 0.3) is 0 Å². The molecular formula is C38H27NO3. The van der Waals surface area contributed by atoms with Gasteiger partial charge in [0.05, 0.1) is 5.56 Å². The third-order valence-corrected chi connectivity index (χ3v) is 8.46. The fourth-order valence-electron chi connectivity index (χ4n) is 6.54. The molecule has 1 atom stereocenters. The van der Waals surface area contributed by atoms with Crippen molar-refractivity contribution in [2.75, 3.05) is 4.90 Å². The highest BCUT2D eigenvalue weighted by molar-refractivity contribution is 5.99. The van der Waals surface area contributed by atoms with Crippen LogP contribution in [0.4, 0.5) is 17.1 Å². The highest BCUT2D eigenvalue weighted by atomic mass is 16.6. The van der Waals surface area contributed by atoms with Gasteiger partial charge < -0.3 is 14.4 Å². The number of carbonyl (C=O) groups is 1. The largest absolute Gasteiger partial charge is 0.456 e. The van der Waals surface area contributed by atoms with E-state index in [-0.39, 0.29) is 5.97 Å². The van der Waals surface area contributed by atoms with Crippen LogP contribution in [-0.2, 0) is 10.3 Å². The Kier molecular flexibility index (Phi) is 5.29. The lowest BCUT2D eigenvalue weighted by Gasteiger charge is -2.38. The topological polar surface area (TPSA) is 38.8 Å². The van der Waals surface area contributed by atoms with Crippen LogP contribution in [0.2, 0.25) is 0 Å². The molecule has 0 saturated heterocycles. The summed E-state index contributed by atoms with van der Waals surface area (Å²) >= 11 is 0. The van der Waals surface area contributed by atoms with Gasteiger partial charge in [0, 0.05) is 45.2 Å². The first-order valence-corrected chi connectivity index (χ1v) is 14.1. The number of aryl methyl sites for hydroxylation is 2. The van der Waals surface area contributed by atoms with Crippen LogP contribution < -0.4 is 9.64 Å². The minimum absolute atomic E-state index is 0.331. The minimum atomic E-state index is -1.12. The van der Waals surface area contributed by atoms with Crippen LogP contribution in [0.1, 0.15) is 38.2 Å². The fourth-order valence-corrected chi connectivity index (χ4v) is 6.54. The Bertz CT molecular complexity index is 2060. The first-order chi connectivity index (χ1) is 20.5. The van der Waals surface area contributed by atoms with E-state index in [0.717, 1.165) is 50.1 Å². The van der Waals surface area contributed by atoms with E-state index < -0.39 is 5.60 Å². The molecular weight excluding hydrogens is 518 g/mol. The van der Waals surface area contributed by atoms with Gasteiger partial charge in [-0.15, -0.1) is 0 Å². The molecule has 0 aromatic heterocycles. The molecule has 6 aromatic carbocycles. The Morgan fingerprint density at radius 1 is 0.643 bits per heavy atom. The molecule has 0 amide bonds. The van der Waals surface area contributed by atoms with Crippen molar-refractivity contribution in [2.24, 2.45) is 0 Å². The van der Waals surface area contributed by atoms with Gasteiger partial charge >= 0.3 is 5.97 Å². The first kappa shape index (κ1) is 24.4. The Balaban J connectivity index is 1.41. The number of carbonyl (C=O) groups excluding carboxylic acids is 1. The first-order valence-electron chi connectivity index (χ1n) is 14.1. The van der Waals surface area contributed by atoms with Gasteiger partial charge in [0.15, 0.2) is 5.60 Å². The summed E-state index contributed by atoms with van der Waals surface area (Å²) in [5.41, 5.74) is 7.35. The standard InChI is InChI=1S/C38H27NO3/c1-24-10-9-13-27(22-24)39(34-17-8-3-11-25(34)2)28-19-21-32-35(23-28)41-36-29-14-5-4-12-26(29)18-20-33(36)38(32)31-16-7-6-15-30(31)37(40)42-38/h3-23H,1-2H3. The SMILES string of the molecule is Cc1cccc(N(c2ccc3c(c2)Oc2c(ccc4ccccc24)C32OC(=O)c3ccccc32)c2ccccc2C)c1. The molecule has 1 unspecified atom stereocenters. The zero-order valence-electron chi connectivity index (χ0n) is 23.3. The number of para-hydroxylation sites is 1. The Hall–Kier alpha value is -5.35. The molecule has 2 aliphatic heterocycles. The van der Waals surface area contributed by atoms with E-state index in [1.165, 1.54) is 5.56 Å². The number of nitrogens with zero attached hydrogens (tertiary/aromatic N) is 1. The molecule has 0 fully saturated rings. The van der Waals surface area contributed by atoms with Crippen LogP contribution in [0.5, 0.6) is 11.5 Å². The number of esters is 1. The van der Waals surface area contributed by atoms with Gasteiger partial charge in [-0.1, -0.05) is 78.9 Å². The smallest absolute Gasteiger partial charge is 0.340 e. The van der Waals surface area contributed by atoms with Crippen molar-refractivity contribution in [1.29, 1.82) is 0 Å². The van der Waals surface area contributed by atoms with Crippen LogP contribution in [-0.4, -0.2) is 5.97 Å². The van der Waals surface area contributed by atoms with Crippen molar-refractivity contribution in [3.8, 4) is 11.5 Å². The lowest BCUT2D eigenvalue weighted by atomic mass is 9.77. The van der Waals surface area contributed by atoms with Crippen LogP contribution in [0.25, 0.3) is 10.8 Å². The summed E-state index contributed by atoms with van der Waals surface area (Å²) in [7, 11) is 0. The van der Waals surface area contributed by atoms with Gasteiger partial charge in [-0.25, -0.2) is 4.79 Å². The maximum absolute atomic E-state index is 13.4. The van der Waals surface area contributed by atoms with Gasteiger partial charge in [0.2, 0.25) is 0 Å². The third kappa shape index (κ3) is 3.45. The maximum Gasteiger partial charge on any atom is 0.340 e. The highest BCUT2D eigenvalue weighted by Gasteiger charge is 2.53. The second-order valence-corrected chi connectivity index (χ2v) is 11.0. The predicted molar refractivity (Wildman–Crippen MR) is 166 cm³/mol. The van der Waals surface area contributed by atoms with Crippen LogP contribution >= 0.6 is 0 Å². The lowest BCUT2D eigenvalue weighted by molar-refractivity contribution is 0.0225. The number of hydrogen-bond donors (Lipinski definition) is 0. The average molecular weight is 546 g/mol. The monoisotopic (exact) mass is 545 g/mol. The second-order valence-electron chi connectivity index (χ2n) is 11.0. The molecule has 0 aliphatic carbocycles. The normalized spacial score (nSPS) is 16.4. The van der Waals surface area contributed by atoms with E-state index in [9.17, 15) is 4.79 Å². The molecule has 2 heterocycles. The molecule has 202 valence electrons. The summed E-state index contributed by atoms with van der Waals surface area (Å²) in [5, 5.41) is 2.03. The quantitative estimate of drug-likeness (QED) is 0.208. The van der Waals surface area contributed by atoms with E-state index in [4.69, 9.17) is 9.47 Å². The van der Waals surface area contributed by atoms with Crippen molar-refractivity contribution in [1.82, 2.24) is 0 Å². The Morgan fingerprint density at radius 3 is 2.29 bits per heavy atom. The molecule has 0 N–H and O–H groups in total. The molecule has 4 nitrogen and oxygen atoms in total. The highest BCUT2D eigenvalue weighted by Crippen LogP contribution is 2.58. The Labute approximate surface area is 244 Å². The summed E-state index contributed by atoms with van der Waals surface area (Å²) < 4.78 is 13.3. The van der Waals surface area contributed by atoms with Gasteiger partial charge in [-0.05, 0) is 72.8 Å². The van der Waals surface area contributed by atoms with Gasteiger partial charge in [-0.2, -0.15) is 0 Å². The van der Waals surface area contributed by atoms with Crippen molar-refractivity contribution in [3.63, 3.8) is 0 Å². The molecule has 0 saturated carbocycles. The summed E-state index contributed by atoms with van der Waals surface area (Å²) in [5.74, 6) is 1.04. The summed E-state index contributed by atoms with van der Waals surface area (Å²) in [4.78, 5) is 15.6. The van der Waals surface area contributed by atoms with Gasteiger partial charge in [0.1, 0.15) is 11.5 Å². The molecule has 2 aliphatic rings. The van der Waals surface area contributed by atoms with Crippen molar-refractivity contribution >= 4 is 33.8 Å². The van der Waals surface area contributed by atoms with E-state index >= 15 is 0 Å². The summed E-state index contributed by atoms with van der Waals surface area (Å²) in [6.07, 6.45) is 0. The van der Waals surface area contributed by atoms with E-state index in [0.29, 0.717) is 17.1 Å². The van der Waals surface area contributed by atoms with Crippen LogP contribution in [0.15, 0.2) is 127 Å². The number of anilines is 3. The number of rotatable bonds is 3. The van der Waals surface area contributed by atoms with Crippen LogP contribution in [0, 0.1) is 13.8 Å². The molecule has 0 bridgehead atoms. The average Bonchev–Trinajstić information content (AvgIpc) is 3.31. The predicted octanol–water partition coefficient (Wildman–Crippen LogP) is 9.49. The molecule has 4 heteroatoms. The van der Waals surface area contributed by atoms with E-state index in [1.54, 1.807) is 0 Å². The van der Waals surface area contributed by atoms with E-state index in [2.05, 4.69) is 104 Å². The molecule has 0 radical (unpaired) electrons. The number of hydrogen-bond acceptors (Lipinski definition) is 4.